The second kappa shape index (κ2) is 9.05. The number of thioether (sulfide) groups is 1. The molecule has 1 aromatic heterocycles. The minimum absolute atomic E-state index is 0.0263. The molecule has 3 rings (SSSR count). The molecule has 6 nitrogen and oxygen atoms in total. The van der Waals surface area contributed by atoms with Crippen molar-refractivity contribution in [2.45, 2.75) is 62.0 Å². The zero-order valence-corrected chi connectivity index (χ0v) is 17.7. The fourth-order valence-corrected chi connectivity index (χ4v) is 4.21. The smallest absolute Gasteiger partial charge is 0.233 e. The largest absolute Gasteiger partial charge is 0.352 e. The van der Waals surface area contributed by atoms with Gasteiger partial charge in [-0.3, -0.25) is 9.36 Å². The summed E-state index contributed by atoms with van der Waals surface area (Å²) in [5.74, 6) is 0.527. The molecule has 8 heteroatoms. The second-order valence-electron chi connectivity index (χ2n) is 7.70. The van der Waals surface area contributed by atoms with E-state index in [0.717, 1.165) is 24.4 Å². The van der Waals surface area contributed by atoms with Crippen molar-refractivity contribution in [1.82, 2.24) is 20.1 Å². The minimum Gasteiger partial charge on any atom is -0.352 e. The summed E-state index contributed by atoms with van der Waals surface area (Å²) in [6.07, 6.45) is 4.48. The summed E-state index contributed by atoms with van der Waals surface area (Å²) in [5, 5.41) is 12.3. The average Bonchev–Trinajstić information content (AvgIpc) is 3.31. The van der Waals surface area contributed by atoms with Crippen LogP contribution in [0.5, 0.6) is 0 Å². The number of carbonyl (C=O) groups is 1. The predicted molar refractivity (Wildman–Crippen MR) is 108 cm³/mol. The fraction of sp³-hybridized carbons (Fsp3) is 0.550. The SMILES string of the molecule is C[C@H](c1nnc(S[C@H](C)C(=O)NC2CCCC2)n1-c1ccc(F)cc1)[NH+](C)C. The van der Waals surface area contributed by atoms with Crippen molar-refractivity contribution in [2.24, 2.45) is 0 Å². The maximum atomic E-state index is 13.4. The number of quaternary nitrogens is 1. The molecule has 0 saturated heterocycles. The van der Waals surface area contributed by atoms with E-state index in [9.17, 15) is 9.18 Å². The van der Waals surface area contributed by atoms with Crippen LogP contribution in [0.4, 0.5) is 4.39 Å². The van der Waals surface area contributed by atoms with Crippen molar-refractivity contribution in [2.75, 3.05) is 14.1 Å². The van der Waals surface area contributed by atoms with Crippen molar-refractivity contribution in [3.63, 3.8) is 0 Å². The Balaban J connectivity index is 1.85. The van der Waals surface area contributed by atoms with E-state index in [-0.39, 0.29) is 23.0 Å². The van der Waals surface area contributed by atoms with E-state index in [1.54, 1.807) is 12.1 Å². The van der Waals surface area contributed by atoms with Gasteiger partial charge in [0.15, 0.2) is 11.0 Å². The van der Waals surface area contributed by atoms with Crippen LogP contribution in [0.2, 0.25) is 0 Å². The number of aromatic nitrogens is 3. The highest BCUT2D eigenvalue weighted by Gasteiger charge is 2.27. The van der Waals surface area contributed by atoms with Crippen LogP contribution in [-0.4, -0.2) is 46.1 Å². The molecular formula is C20H29FN5OS+. The molecule has 1 fully saturated rings. The Hall–Kier alpha value is -1.93. The number of hydrogen-bond donors (Lipinski definition) is 2. The lowest BCUT2D eigenvalue weighted by molar-refractivity contribution is -0.890. The molecule has 0 bridgehead atoms. The number of rotatable bonds is 7. The van der Waals surface area contributed by atoms with Crippen molar-refractivity contribution in [1.29, 1.82) is 0 Å². The van der Waals surface area contributed by atoms with Crippen molar-refractivity contribution in [3.05, 3.63) is 35.9 Å². The minimum atomic E-state index is -0.293. The summed E-state index contributed by atoms with van der Waals surface area (Å²) in [6, 6.07) is 6.67. The van der Waals surface area contributed by atoms with Crippen LogP contribution in [0, 0.1) is 5.82 Å². The summed E-state index contributed by atoms with van der Waals surface area (Å²) in [4.78, 5) is 13.8. The molecule has 1 aliphatic carbocycles. The quantitative estimate of drug-likeness (QED) is 0.692. The summed E-state index contributed by atoms with van der Waals surface area (Å²) < 4.78 is 15.4. The summed E-state index contributed by atoms with van der Waals surface area (Å²) in [6.45, 7) is 3.96. The number of nitrogens with zero attached hydrogens (tertiary/aromatic N) is 3. The van der Waals surface area contributed by atoms with Crippen LogP contribution in [0.1, 0.15) is 51.4 Å². The van der Waals surface area contributed by atoms with E-state index in [0.29, 0.717) is 11.2 Å². The molecular weight excluding hydrogens is 377 g/mol. The van der Waals surface area contributed by atoms with E-state index < -0.39 is 0 Å². The Labute approximate surface area is 169 Å². The third-order valence-corrected chi connectivity index (χ3v) is 6.39. The highest BCUT2D eigenvalue weighted by atomic mass is 32.2. The molecule has 2 aromatic rings. The van der Waals surface area contributed by atoms with E-state index in [1.165, 1.54) is 41.6 Å². The number of carbonyl (C=O) groups excluding carboxylic acids is 1. The number of amides is 1. The second-order valence-corrected chi connectivity index (χ2v) is 9.01. The third-order valence-electron chi connectivity index (χ3n) is 5.35. The first kappa shape index (κ1) is 20.8. The van der Waals surface area contributed by atoms with Crippen LogP contribution in [0.15, 0.2) is 29.4 Å². The zero-order valence-electron chi connectivity index (χ0n) is 16.9. The normalized spacial score (nSPS) is 17.1. The molecule has 1 amide bonds. The van der Waals surface area contributed by atoms with Gasteiger partial charge in [0.1, 0.15) is 11.9 Å². The van der Waals surface area contributed by atoms with Crippen LogP contribution >= 0.6 is 11.8 Å². The lowest BCUT2D eigenvalue weighted by atomic mass is 10.2. The summed E-state index contributed by atoms with van der Waals surface area (Å²) in [7, 11) is 4.11. The van der Waals surface area contributed by atoms with Gasteiger partial charge in [0.2, 0.25) is 5.91 Å². The Bertz CT molecular complexity index is 801. The highest BCUT2D eigenvalue weighted by molar-refractivity contribution is 8.00. The summed E-state index contributed by atoms with van der Waals surface area (Å²) >= 11 is 1.38. The maximum absolute atomic E-state index is 13.4. The topological polar surface area (TPSA) is 64.2 Å². The maximum Gasteiger partial charge on any atom is 0.233 e. The zero-order chi connectivity index (χ0) is 20.3. The van der Waals surface area contributed by atoms with Crippen LogP contribution in [-0.2, 0) is 4.79 Å². The molecule has 0 spiro atoms. The molecule has 0 aliphatic heterocycles. The van der Waals surface area contributed by atoms with E-state index in [4.69, 9.17) is 0 Å². The number of nitrogens with one attached hydrogen (secondary N) is 2. The van der Waals surface area contributed by atoms with Crippen molar-refractivity contribution >= 4 is 17.7 Å². The van der Waals surface area contributed by atoms with E-state index in [1.807, 2.05) is 11.5 Å². The molecule has 2 atom stereocenters. The van der Waals surface area contributed by atoms with Gasteiger partial charge in [0.05, 0.1) is 19.3 Å². The van der Waals surface area contributed by atoms with Gasteiger partial charge in [0.25, 0.3) is 0 Å². The van der Waals surface area contributed by atoms with Gasteiger partial charge in [-0.05, 0) is 51.0 Å². The number of benzene rings is 1. The first-order valence-electron chi connectivity index (χ1n) is 9.85. The first-order valence-corrected chi connectivity index (χ1v) is 10.7. The number of hydrogen-bond acceptors (Lipinski definition) is 4. The first-order chi connectivity index (χ1) is 13.4. The van der Waals surface area contributed by atoms with Crippen LogP contribution in [0.3, 0.4) is 0 Å². The molecule has 28 heavy (non-hydrogen) atoms. The molecule has 152 valence electrons. The Morgan fingerprint density at radius 3 is 2.46 bits per heavy atom. The van der Waals surface area contributed by atoms with Gasteiger partial charge in [0, 0.05) is 11.7 Å². The van der Waals surface area contributed by atoms with Crippen molar-refractivity contribution < 1.29 is 14.1 Å². The van der Waals surface area contributed by atoms with Gasteiger partial charge in [-0.1, -0.05) is 24.6 Å². The molecule has 1 heterocycles. The monoisotopic (exact) mass is 406 g/mol. The van der Waals surface area contributed by atoms with Gasteiger partial charge < -0.3 is 10.2 Å². The lowest BCUT2D eigenvalue weighted by Gasteiger charge is -2.19. The average molecular weight is 407 g/mol. The van der Waals surface area contributed by atoms with Crippen molar-refractivity contribution in [3.8, 4) is 5.69 Å². The van der Waals surface area contributed by atoms with E-state index >= 15 is 0 Å². The van der Waals surface area contributed by atoms with Crippen LogP contribution < -0.4 is 10.2 Å². The van der Waals surface area contributed by atoms with Gasteiger partial charge in [-0.2, -0.15) is 0 Å². The highest BCUT2D eigenvalue weighted by Crippen LogP contribution is 2.28. The van der Waals surface area contributed by atoms with E-state index in [2.05, 4.69) is 36.5 Å². The Morgan fingerprint density at radius 2 is 1.86 bits per heavy atom. The fourth-order valence-electron chi connectivity index (χ4n) is 3.33. The number of halogens is 1. The summed E-state index contributed by atoms with van der Waals surface area (Å²) in [5.41, 5.74) is 0.792. The predicted octanol–water partition coefficient (Wildman–Crippen LogP) is 2.15. The molecule has 1 aliphatic rings. The molecule has 0 unspecified atom stereocenters. The van der Waals surface area contributed by atoms with Gasteiger partial charge in [-0.25, -0.2) is 4.39 Å². The Morgan fingerprint density at radius 1 is 1.21 bits per heavy atom. The Kier molecular flexibility index (Phi) is 6.72. The standard InChI is InChI=1S/C20H28FN5OS/c1-13(25(3)4)18-23-24-20(26(18)17-11-9-15(21)10-12-17)28-14(2)19(27)22-16-7-5-6-8-16/h9-14,16H,5-8H2,1-4H3,(H,22,27)/p+1/t13-,14-/m1/s1. The third kappa shape index (κ3) is 4.72. The lowest BCUT2D eigenvalue weighted by Crippen LogP contribution is -3.05. The molecule has 0 radical (unpaired) electrons. The van der Waals surface area contributed by atoms with Gasteiger partial charge in [-0.15, -0.1) is 10.2 Å². The molecule has 1 aromatic carbocycles. The molecule has 2 N–H and O–H groups in total. The molecule has 1 saturated carbocycles. The van der Waals surface area contributed by atoms with Gasteiger partial charge >= 0.3 is 0 Å². The van der Waals surface area contributed by atoms with Crippen LogP contribution in [0.25, 0.3) is 5.69 Å².